The molecular formula is C12H20O5. The first-order chi connectivity index (χ1) is 8.08. The van der Waals surface area contributed by atoms with Crippen LogP contribution in [0.25, 0.3) is 0 Å². The molecule has 1 saturated heterocycles. The van der Waals surface area contributed by atoms with Crippen LogP contribution in [0.3, 0.4) is 0 Å². The summed E-state index contributed by atoms with van der Waals surface area (Å²) in [5, 5.41) is 19.2. The molecule has 0 aromatic carbocycles. The maximum absolute atomic E-state index is 11.0. The minimum absolute atomic E-state index is 0.652. The van der Waals surface area contributed by atoms with Gasteiger partial charge in [-0.05, 0) is 19.8 Å². The Morgan fingerprint density at radius 1 is 1.24 bits per heavy atom. The van der Waals surface area contributed by atoms with Crippen LogP contribution in [-0.4, -0.2) is 46.7 Å². The van der Waals surface area contributed by atoms with Crippen LogP contribution in [-0.2, 0) is 14.3 Å². The summed E-state index contributed by atoms with van der Waals surface area (Å²) >= 11 is 0. The quantitative estimate of drug-likeness (QED) is 0.702. The lowest BCUT2D eigenvalue weighted by molar-refractivity contribution is -0.203. The molecule has 0 amide bonds. The van der Waals surface area contributed by atoms with Gasteiger partial charge in [0.05, 0.1) is 6.10 Å². The summed E-state index contributed by atoms with van der Waals surface area (Å²) in [4.78, 5) is 11.0. The van der Waals surface area contributed by atoms with Crippen molar-refractivity contribution in [3.63, 3.8) is 0 Å². The Bertz CT molecular complexity index is 272. The molecule has 2 unspecified atom stereocenters. The fourth-order valence-electron chi connectivity index (χ4n) is 2.63. The largest absolute Gasteiger partial charge is 0.391 e. The first-order valence-electron chi connectivity index (χ1n) is 6.25. The third-order valence-electron chi connectivity index (χ3n) is 3.61. The number of carbonyl (C=O) groups is 1. The van der Waals surface area contributed by atoms with Crippen molar-refractivity contribution in [2.45, 2.75) is 69.2 Å². The van der Waals surface area contributed by atoms with E-state index in [9.17, 15) is 15.0 Å². The van der Waals surface area contributed by atoms with Crippen molar-refractivity contribution >= 4 is 6.29 Å². The van der Waals surface area contributed by atoms with Crippen molar-refractivity contribution in [2.75, 3.05) is 0 Å². The molecule has 98 valence electrons. The van der Waals surface area contributed by atoms with Gasteiger partial charge in [0.1, 0.15) is 18.3 Å². The van der Waals surface area contributed by atoms with E-state index in [1.54, 1.807) is 0 Å². The number of carbonyl (C=O) groups excluding carboxylic acids is 1. The van der Waals surface area contributed by atoms with Gasteiger partial charge in [0.2, 0.25) is 0 Å². The number of hydrogen-bond acceptors (Lipinski definition) is 5. The highest BCUT2D eigenvalue weighted by atomic mass is 16.8. The lowest BCUT2D eigenvalue weighted by atomic mass is 9.94. The van der Waals surface area contributed by atoms with Crippen molar-refractivity contribution in [3.8, 4) is 0 Å². The van der Waals surface area contributed by atoms with Crippen molar-refractivity contribution in [2.24, 2.45) is 0 Å². The topological polar surface area (TPSA) is 76.0 Å². The van der Waals surface area contributed by atoms with Gasteiger partial charge < -0.3 is 24.5 Å². The fraction of sp³-hybridized carbons (Fsp3) is 0.917. The highest BCUT2D eigenvalue weighted by Crippen LogP contribution is 2.41. The van der Waals surface area contributed by atoms with Gasteiger partial charge in [-0.2, -0.15) is 0 Å². The lowest BCUT2D eigenvalue weighted by Gasteiger charge is -2.32. The Morgan fingerprint density at radius 3 is 2.41 bits per heavy atom. The molecule has 1 saturated carbocycles. The molecule has 0 radical (unpaired) electrons. The van der Waals surface area contributed by atoms with Gasteiger partial charge in [-0.25, -0.2) is 0 Å². The number of aliphatic hydroxyl groups excluding tert-OH is 2. The SMILES string of the molecule is CC(O)C(O)[C@H]1OC2(CCCCC2)O[C@H]1C=O. The molecule has 5 nitrogen and oxygen atoms in total. The Kier molecular flexibility index (Phi) is 3.82. The molecule has 2 N–H and O–H groups in total. The van der Waals surface area contributed by atoms with Crippen LogP contribution in [0, 0.1) is 0 Å². The van der Waals surface area contributed by atoms with E-state index >= 15 is 0 Å². The summed E-state index contributed by atoms with van der Waals surface area (Å²) in [6.45, 7) is 1.47. The Balaban J connectivity index is 2.09. The van der Waals surface area contributed by atoms with E-state index in [4.69, 9.17) is 9.47 Å². The second-order valence-electron chi connectivity index (χ2n) is 5.00. The normalized spacial score (nSPS) is 35.7. The third kappa shape index (κ3) is 2.52. The molecule has 2 aliphatic rings. The maximum atomic E-state index is 11.0. The van der Waals surface area contributed by atoms with Crippen LogP contribution >= 0.6 is 0 Å². The standard InChI is InChI=1S/C12H20O5/c1-8(14)10(15)11-9(7-13)16-12(17-11)5-3-2-4-6-12/h7-11,14-15H,2-6H2,1H3/t8?,9-,10?,11-/m0/s1. The van der Waals surface area contributed by atoms with Gasteiger partial charge in [0.15, 0.2) is 12.1 Å². The minimum atomic E-state index is -1.09. The van der Waals surface area contributed by atoms with Crippen LogP contribution in [0.4, 0.5) is 0 Å². The molecule has 0 bridgehead atoms. The van der Waals surface area contributed by atoms with Crippen molar-refractivity contribution < 1.29 is 24.5 Å². The van der Waals surface area contributed by atoms with Crippen molar-refractivity contribution in [1.82, 2.24) is 0 Å². The number of rotatable bonds is 3. The molecule has 1 heterocycles. The minimum Gasteiger partial charge on any atom is -0.391 e. The zero-order valence-electron chi connectivity index (χ0n) is 10.0. The first-order valence-corrected chi connectivity index (χ1v) is 6.25. The zero-order valence-corrected chi connectivity index (χ0v) is 10.0. The first kappa shape index (κ1) is 13.0. The van der Waals surface area contributed by atoms with Crippen LogP contribution in [0.1, 0.15) is 39.0 Å². The average molecular weight is 244 g/mol. The van der Waals surface area contributed by atoms with E-state index < -0.39 is 30.2 Å². The smallest absolute Gasteiger partial charge is 0.170 e. The lowest BCUT2D eigenvalue weighted by Crippen LogP contribution is -2.43. The van der Waals surface area contributed by atoms with E-state index in [1.807, 2.05) is 0 Å². The molecule has 17 heavy (non-hydrogen) atoms. The molecule has 5 heteroatoms. The van der Waals surface area contributed by atoms with E-state index in [-0.39, 0.29) is 0 Å². The second-order valence-corrected chi connectivity index (χ2v) is 5.00. The number of aldehydes is 1. The highest BCUT2D eigenvalue weighted by molar-refractivity contribution is 5.58. The van der Waals surface area contributed by atoms with Crippen molar-refractivity contribution in [1.29, 1.82) is 0 Å². The Hall–Kier alpha value is -0.490. The predicted octanol–water partition coefficient (Wildman–Crippen LogP) is 0.371. The highest BCUT2D eigenvalue weighted by Gasteiger charge is 2.51. The van der Waals surface area contributed by atoms with Gasteiger partial charge in [-0.1, -0.05) is 6.42 Å². The summed E-state index contributed by atoms with van der Waals surface area (Å²) in [6, 6.07) is 0. The van der Waals surface area contributed by atoms with E-state index in [0.29, 0.717) is 6.29 Å². The van der Waals surface area contributed by atoms with E-state index in [0.717, 1.165) is 32.1 Å². The molecular weight excluding hydrogens is 224 g/mol. The Labute approximate surface area is 101 Å². The van der Waals surface area contributed by atoms with E-state index in [2.05, 4.69) is 0 Å². The molecule has 2 fully saturated rings. The second kappa shape index (κ2) is 5.02. The van der Waals surface area contributed by atoms with Gasteiger partial charge in [-0.15, -0.1) is 0 Å². The summed E-state index contributed by atoms with van der Waals surface area (Å²) in [7, 11) is 0. The molecule has 0 aromatic heterocycles. The molecule has 1 aliphatic carbocycles. The van der Waals surface area contributed by atoms with Gasteiger partial charge in [-0.3, -0.25) is 0 Å². The van der Waals surface area contributed by atoms with Gasteiger partial charge >= 0.3 is 0 Å². The van der Waals surface area contributed by atoms with Crippen molar-refractivity contribution in [3.05, 3.63) is 0 Å². The number of hydrogen-bond donors (Lipinski definition) is 2. The van der Waals surface area contributed by atoms with Gasteiger partial charge in [0, 0.05) is 12.8 Å². The number of ether oxygens (including phenoxy) is 2. The van der Waals surface area contributed by atoms with E-state index in [1.165, 1.54) is 6.92 Å². The predicted molar refractivity (Wildman–Crippen MR) is 59.3 cm³/mol. The monoisotopic (exact) mass is 244 g/mol. The maximum Gasteiger partial charge on any atom is 0.170 e. The van der Waals surface area contributed by atoms with Crippen LogP contribution < -0.4 is 0 Å². The van der Waals surface area contributed by atoms with Crippen LogP contribution in [0.5, 0.6) is 0 Å². The zero-order chi connectivity index (χ0) is 12.5. The third-order valence-corrected chi connectivity index (χ3v) is 3.61. The number of aliphatic hydroxyl groups is 2. The fourth-order valence-corrected chi connectivity index (χ4v) is 2.63. The molecule has 1 spiro atoms. The summed E-state index contributed by atoms with van der Waals surface area (Å²) in [5.41, 5.74) is 0. The Morgan fingerprint density at radius 2 is 1.88 bits per heavy atom. The molecule has 0 aromatic rings. The molecule has 4 atom stereocenters. The summed E-state index contributed by atoms with van der Waals surface area (Å²) < 4.78 is 11.4. The van der Waals surface area contributed by atoms with Gasteiger partial charge in [0.25, 0.3) is 0 Å². The molecule has 2 rings (SSSR count). The average Bonchev–Trinajstić information content (AvgIpc) is 2.67. The molecule has 1 aliphatic heterocycles. The summed E-state index contributed by atoms with van der Waals surface area (Å²) in [5.74, 6) is -0.718. The van der Waals surface area contributed by atoms with Crippen LogP contribution in [0.2, 0.25) is 0 Å². The summed E-state index contributed by atoms with van der Waals surface area (Å²) in [6.07, 6.45) is 1.73. The van der Waals surface area contributed by atoms with Crippen LogP contribution in [0.15, 0.2) is 0 Å².